The molecule has 0 unspecified atom stereocenters. The number of hydrogen-bond acceptors (Lipinski definition) is 3. The van der Waals surface area contributed by atoms with E-state index in [1.165, 1.54) is 0 Å². The topological polar surface area (TPSA) is 96.3 Å². The Balaban J connectivity index is 2.33. The molecule has 1 aromatic heterocycles. The highest BCUT2D eigenvalue weighted by Gasteiger charge is 2.22. The minimum atomic E-state index is -1.03. The number of amides is 2. The standard InChI is InChI=1S/C12H20N4O3/c1-8(2)10(11(17)18)15-12(19)13-5-4-9-6-14-16(3)7-9/h6-8,10H,4-5H2,1-3H3,(H,17,18)(H2,13,15,19)/t10-/m0/s1. The number of urea groups is 1. The maximum atomic E-state index is 11.6. The lowest BCUT2D eigenvalue weighted by atomic mass is 10.1. The molecular weight excluding hydrogens is 248 g/mol. The average Bonchev–Trinajstić information content (AvgIpc) is 2.71. The van der Waals surface area contributed by atoms with E-state index in [1.807, 2.05) is 13.2 Å². The van der Waals surface area contributed by atoms with Crippen molar-refractivity contribution in [3.05, 3.63) is 18.0 Å². The summed E-state index contributed by atoms with van der Waals surface area (Å²) in [6, 6.07) is -1.34. The van der Waals surface area contributed by atoms with Gasteiger partial charge in [-0.2, -0.15) is 5.10 Å². The first-order valence-corrected chi connectivity index (χ1v) is 6.15. The van der Waals surface area contributed by atoms with Crippen molar-refractivity contribution in [2.45, 2.75) is 26.3 Å². The van der Waals surface area contributed by atoms with Gasteiger partial charge in [-0.25, -0.2) is 9.59 Å². The highest BCUT2D eigenvalue weighted by atomic mass is 16.4. The fourth-order valence-electron chi connectivity index (χ4n) is 1.63. The van der Waals surface area contributed by atoms with Crippen LogP contribution in [0.2, 0.25) is 0 Å². The summed E-state index contributed by atoms with van der Waals surface area (Å²) >= 11 is 0. The number of carbonyl (C=O) groups excluding carboxylic acids is 1. The predicted octanol–water partition coefficient (Wildman–Crippen LogP) is 0.371. The number of nitrogens with one attached hydrogen (secondary N) is 2. The molecule has 0 aliphatic rings. The van der Waals surface area contributed by atoms with Crippen molar-refractivity contribution in [1.82, 2.24) is 20.4 Å². The third kappa shape index (κ3) is 4.99. The van der Waals surface area contributed by atoms with E-state index in [1.54, 1.807) is 24.7 Å². The summed E-state index contributed by atoms with van der Waals surface area (Å²) in [5, 5.41) is 18.0. The second-order valence-corrected chi connectivity index (χ2v) is 4.73. The summed E-state index contributed by atoms with van der Waals surface area (Å²) in [6.07, 6.45) is 4.25. The van der Waals surface area contributed by atoms with Crippen LogP contribution in [0.25, 0.3) is 0 Å². The monoisotopic (exact) mass is 268 g/mol. The zero-order valence-electron chi connectivity index (χ0n) is 11.4. The van der Waals surface area contributed by atoms with E-state index in [9.17, 15) is 9.59 Å². The molecule has 0 fully saturated rings. The van der Waals surface area contributed by atoms with Crippen LogP contribution < -0.4 is 10.6 Å². The smallest absolute Gasteiger partial charge is 0.326 e. The molecule has 106 valence electrons. The molecule has 3 N–H and O–H groups in total. The van der Waals surface area contributed by atoms with Crippen LogP contribution in [0.5, 0.6) is 0 Å². The van der Waals surface area contributed by atoms with Crippen LogP contribution in [0.4, 0.5) is 4.79 Å². The van der Waals surface area contributed by atoms with Crippen LogP contribution in [0.15, 0.2) is 12.4 Å². The summed E-state index contributed by atoms with van der Waals surface area (Å²) in [5.74, 6) is -1.20. The normalized spacial score (nSPS) is 12.2. The highest BCUT2D eigenvalue weighted by Crippen LogP contribution is 2.01. The van der Waals surface area contributed by atoms with E-state index in [0.29, 0.717) is 13.0 Å². The fourth-order valence-corrected chi connectivity index (χ4v) is 1.63. The first kappa shape index (κ1) is 15.0. The Bertz CT molecular complexity index is 442. The minimum absolute atomic E-state index is 0.165. The van der Waals surface area contributed by atoms with E-state index in [-0.39, 0.29) is 5.92 Å². The number of nitrogens with zero attached hydrogens (tertiary/aromatic N) is 2. The number of carbonyl (C=O) groups is 2. The van der Waals surface area contributed by atoms with Gasteiger partial charge in [-0.05, 0) is 17.9 Å². The molecule has 2 amide bonds. The zero-order valence-corrected chi connectivity index (χ0v) is 11.4. The van der Waals surface area contributed by atoms with Crippen LogP contribution in [-0.2, 0) is 18.3 Å². The maximum Gasteiger partial charge on any atom is 0.326 e. The summed E-state index contributed by atoms with van der Waals surface area (Å²) < 4.78 is 1.69. The largest absolute Gasteiger partial charge is 0.480 e. The zero-order chi connectivity index (χ0) is 14.4. The van der Waals surface area contributed by atoms with Crippen LogP contribution in [0.3, 0.4) is 0 Å². The van der Waals surface area contributed by atoms with E-state index < -0.39 is 18.0 Å². The lowest BCUT2D eigenvalue weighted by Crippen LogP contribution is -2.48. The molecule has 0 saturated carbocycles. The highest BCUT2D eigenvalue weighted by molar-refractivity contribution is 5.82. The molecule has 7 nitrogen and oxygen atoms in total. The van der Waals surface area contributed by atoms with Crippen LogP contribution in [-0.4, -0.2) is 39.5 Å². The summed E-state index contributed by atoms with van der Waals surface area (Å²) in [7, 11) is 1.82. The molecule has 1 rings (SSSR count). The van der Waals surface area contributed by atoms with Crippen molar-refractivity contribution in [3.63, 3.8) is 0 Å². The second-order valence-electron chi connectivity index (χ2n) is 4.73. The molecule has 0 aliphatic carbocycles. The van der Waals surface area contributed by atoms with E-state index in [0.717, 1.165) is 5.56 Å². The third-order valence-electron chi connectivity index (χ3n) is 2.68. The quantitative estimate of drug-likeness (QED) is 0.694. The Morgan fingerprint density at radius 3 is 2.63 bits per heavy atom. The van der Waals surface area contributed by atoms with Crippen molar-refractivity contribution in [1.29, 1.82) is 0 Å². The van der Waals surface area contributed by atoms with Gasteiger partial charge >= 0.3 is 12.0 Å². The number of carboxylic acid groups (broad SMARTS) is 1. The number of aryl methyl sites for hydroxylation is 1. The summed E-state index contributed by atoms with van der Waals surface area (Å²) in [5.41, 5.74) is 1.02. The SMILES string of the molecule is CC(C)[C@H](NC(=O)NCCc1cnn(C)c1)C(=O)O. The van der Waals surface area contributed by atoms with Gasteiger partial charge in [0.15, 0.2) is 0 Å². The van der Waals surface area contributed by atoms with Crippen molar-refractivity contribution < 1.29 is 14.7 Å². The molecule has 0 radical (unpaired) electrons. The first-order valence-electron chi connectivity index (χ1n) is 6.15. The van der Waals surface area contributed by atoms with E-state index >= 15 is 0 Å². The van der Waals surface area contributed by atoms with Crippen LogP contribution in [0.1, 0.15) is 19.4 Å². The number of aromatic nitrogens is 2. The molecule has 0 aliphatic heterocycles. The summed E-state index contributed by atoms with van der Waals surface area (Å²) in [6.45, 7) is 3.92. The Morgan fingerprint density at radius 2 is 2.16 bits per heavy atom. The van der Waals surface area contributed by atoms with Gasteiger partial charge in [-0.15, -0.1) is 0 Å². The van der Waals surface area contributed by atoms with Gasteiger partial charge in [-0.1, -0.05) is 13.8 Å². The third-order valence-corrected chi connectivity index (χ3v) is 2.68. The molecule has 1 aromatic rings. The van der Waals surface area contributed by atoms with Gasteiger partial charge in [0.1, 0.15) is 6.04 Å². The van der Waals surface area contributed by atoms with Gasteiger partial charge in [-0.3, -0.25) is 4.68 Å². The summed E-state index contributed by atoms with van der Waals surface area (Å²) in [4.78, 5) is 22.5. The lowest BCUT2D eigenvalue weighted by molar-refractivity contribution is -0.140. The van der Waals surface area contributed by atoms with Gasteiger partial charge in [0, 0.05) is 19.8 Å². The van der Waals surface area contributed by atoms with E-state index in [4.69, 9.17) is 5.11 Å². The molecule has 0 bridgehead atoms. The molecule has 1 atom stereocenters. The molecular formula is C12H20N4O3. The van der Waals surface area contributed by atoms with Gasteiger partial charge in [0.2, 0.25) is 0 Å². The van der Waals surface area contributed by atoms with Crippen molar-refractivity contribution in [2.24, 2.45) is 13.0 Å². The maximum absolute atomic E-state index is 11.6. The Labute approximate surface area is 112 Å². The van der Waals surface area contributed by atoms with Crippen molar-refractivity contribution in [3.8, 4) is 0 Å². The second kappa shape index (κ2) is 6.77. The van der Waals surface area contributed by atoms with Crippen LogP contribution >= 0.6 is 0 Å². The molecule has 0 aromatic carbocycles. The molecule has 0 spiro atoms. The lowest BCUT2D eigenvalue weighted by Gasteiger charge is -2.18. The fraction of sp³-hybridized carbons (Fsp3) is 0.583. The van der Waals surface area contributed by atoms with Gasteiger partial charge in [0.25, 0.3) is 0 Å². The number of carboxylic acids is 1. The van der Waals surface area contributed by atoms with Crippen LogP contribution in [0, 0.1) is 5.92 Å². The van der Waals surface area contributed by atoms with Crippen molar-refractivity contribution >= 4 is 12.0 Å². The molecule has 7 heteroatoms. The first-order chi connectivity index (χ1) is 8.90. The van der Waals surface area contributed by atoms with Gasteiger partial charge in [0.05, 0.1) is 6.20 Å². The predicted molar refractivity (Wildman–Crippen MR) is 69.7 cm³/mol. The Hall–Kier alpha value is -2.05. The molecule has 19 heavy (non-hydrogen) atoms. The average molecular weight is 268 g/mol. The number of aliphatic carboxylic acids is 1. The Morgan fingerprint density at radius 1 is 1.47 bits per heavy atom. The van der Waals surface area contributed by atoms with Crippen molar-refractivity contribution in [2.75, 3.05) is 6.54 Å². The minimum Gasteiger partial charge on any atom is -0.480 e. The molecule has 1 heterocycles. The number of hydrogen-bond donors (Lipinski definition) is 3. The van der Waals surface area contributed by atoms with E-state index in [2.05, 4.69) is 15.7 Å². The van der Waals surface area contributed by atoms with Gasteiger partial charge < -0.3 is 15.7 Å². The molecule has 0 saturated heterocycles. The number of rotatable bonds is 6. The Kier molecular flexibility index (Phi) is 5.35.